The highest BCUT2D eigenvalue weighted by atomic mass is 16.5. The van der Waals surface area contributed by atoms with Crippen LogP contribution in [-0.4, -0.2) is 29.2 Å². The van der Waals surface area contributed by atoms with Crippen LogP contribution in [0.3, 0.4) is 0 Å². The first-order chi connectivity index (χ1) is 14.7. The van der Waals surface area contributed by atoms with Gasteiger partial charge in [-0.3, -0.25) is 4.79 Å². The van der Waals surface area contributed by atoms with Gasteiger partial charge in [0.25, 0.3) is 0 Å². The van der Waals surface area contributed by atoms with Gasteiger partial charge >= 0.3 is 0 Å². The lowest BCUT2D eigenvalue weighted by atomic mass is 10.1. The van der Waals surface area contributed by atoms with E-state index in [1.54, 1.807) is 7.11 Å². The first kappa shape index (κ1) is 21.4. The molecular formula is C24H29N3O3. The van der Waals surface area contributed by atoms with Crippen LogP contribution in [-0.2, 0) is 24.3 Å². The predicted octanol–water partition coefficient (Wildman–Crippen LogP) is 4.27. The van der Waals surface area contributed by atoms with Crippen LogP contribution in [0.5, 0.6) is 11.5 Å². The van der Waals surface area contributed by atoms with Gasteiger partial charge in [-0.2, -0.15) is 0 Å². The van der Waals surface area contributed by atoms with Gasteiger partial charge in [-0.25, -0.2) is 4.98 Å². The van der Waals surface area contributed by atoms with E-state index in [4.69, 9.17) is 14.5 Å². The number of fused-ring (bicyclic) bond motifs is 1. The van der Waals surface area contributed by atoms with Crippen molar-refractivity contribution < 1.29 is 14.3 Å². The number of rotatable bonds is 11. The molecule has 158 valence electrons. The van der Waals surface area contributed by atoms with Gasteiger partial charge in [0, 0.05) is 6.42 Å². The van der Waals surface area contributed by atoms with Crippen LogP contribution in [0.25, 0.3) is 11.0 Å². The number of nitrogens with one attached hydrogen (secondary N) is 1. The number of ether oxygens (including phenoxy) is 2. The van der Waals surface area contributed by atoms with E-state index < -0.39 is 0 Å². The van der Waals surface area contributed by atoms with E-state index in [9.17, 15) is 4.79 Å². The van der Waals surface area contributed by atoms with Crippen molar-refractivity contribution >= 4 is 16.9 Å². The molecule has 0 fully saturated rings. The third-order valence-electron chi connectivity index (χ3n) is 4.83. The van der Waals surface area contributed by atoms with Crippen molar-refractivity contribution in [1.82, 2.24) is 14.9 Å². The molecule has 3 aromatic rings. The van der Waals surface area contributed by atoms with Crippen LogP contribution in [0.1, 0.15) is 31.2 Å². The zero-order valence-electron chi connectivity index (χ0n) is 17.7. The lowest BCUT2D eigenvalue weighted by Crippen LogP contribution is -2.24. The summed E-state index contributed by atoms with van der Waals surface area (Å²) >= 11 is 0. The fourth-order valence-corrected chi connectivity index (χ4v) is 3.37. The number of para-hydroxylation sites is 2. The summed E-state index contributed by atoms with van der Waals surface area (Å²) in [6.07, 6.45) is 3.99. The lowest BCUT2D eigenvalue weighted by molar-refractivity contribution is -0.121. The number of imidazole rings is 1. The fourth-order valence-electron chi connectivity index (χ4n) is 3.37. The van der Waals surface area contributed by atoms with Gasteiger partial charge in [-0.1, -0.05) is 31.2 Å². The number of methoxy groups -OCH3 is 1. The van der Waals surface area contributed by atoms with Crippen molar-refractivity contribution in [3.63, 3.8) is 0 Å². The maximum absolute atomic E-state index is 11.9. The Labute approximate surface area is 177 Å². The third-order valence-corrected chi connectivity index (χ3v) is 4.83. The summed E-state index contributed by atoms with van der Waals surface area (Å²) in [5.41, 5.74) is 3.05. The predicted molar refractivity (Wildman–Crippen MR) is 119 cm³/mol. The number of hydrogen-bond donors (Lipinski definition) is 1. The molecule has 0 saturated heterocycles. The second kappa shape index (κ2) is 10.5. The first-order valence-corrected chi connectivity index (χ1v) is 10.3. The van der Waals surface area contributed by atoms with E-state index in [0.717, 1.165) is 35.3 Å². The highest BCUT2D eigenvalue weighted by molar-refractivity contribution is 5.77. The minimum Gasteiger partial charge on any atom is -0.493 e. The molecule has 0 aliphatic rings. The number of benzene rings is 2. The summed E-state index contributed by atoms with van der Waals surface area (Å²) < 4.78 is 13.6. The van der Waals surface area contributed by atoms with E-state index in [0.29, 0.717) is 37.6 Å². The zero-order valence-corrected chi connectivity index (χ0v) is 17.7. The van der Waals surface area contributed by atoms with Crippen LogP contribution >= 0.6 is 0 Å². The third kappa shape index (κ3) is 5.20. The number of allylic oxidation sites excluding steroid dienone is 1. The average molecular weight is 408 g/mol. The summed E-state index contributed by atoms with van der Waals surface area (Å²) in [6, 6.07) is 13.9. The van der Waals surface area contributed by atoms with Crippen molar-refractivity contribution in [2.75, 3.05) is 13.7 Å². The Kier molecular flexibility index (Phi) is 7.49. The maximum atomic E-state index is 11.9. The Balaban J connectivity index is 1.73. The second-order valence-electron chi connectivity index (χ2n) is 7.02. The molecule has 6 nitrogen and oxygen atoms in total. The van der Waals surface area contributed by atoms with Gasteiger partial charge in [0.15, 0.2) is 11.5 Å². The number of carbonyl (C=O) groups excluding carboxylic acids is 1. The molecule has 0 saturated carbocycles. The van der Waals surface area contributed by atoms with Crippen LogP contribution < -0.4 is 14.8 Å². The number of amides is 1. The van der Waals surface area contributed by atoms with E-state index in [2.05, 4.69) is 16.5 Å². The number of hydrogen-bond acceptors (Lipinski definition) is 4. The Bertz CT molecular complexity index is 1010. The average Bonchev–Trinajstić information content (AvgIpc) is 3.11. The lowest BCUT2D eigenvalue weighted by Gasteiger charge is -2.14. The molecule has 6 heteroatoms. The SMILES string of the molecule is C=CCc1ccc(OCCn2c(CNC(=O)CCC)nc3ccccc32)c(OC)c1. The number of aromatic nitrogens is 2. The summed E-state index contributed by atoms with van der Waals surface area (Å²) in [7, 11) is 1.64. The minimum absolute atomic E-state index is 0.0386. The molecule has 3 rings (SSSR count). The standard InChI is InChI=1S/C24H29N3O3/c1-4-8-18-12-13-21(22(16-18)29-3)30-15-14-27-20-11-7-6-10-19(20)26-23(27)17-25-24(28)9-5-2/h4,6-7,10-13,16H,1,5,8-9,14-15,17H2,2-3H3,(H,25,28). The molecule has 2 aromatic carbocycles. The van der Waals surface area contributed by atoms with Gasteiger partial charge in [0.1, 0.15) is 12.4 Å². The zero-order chi connectivity index (χ0) is 21.3. The minimum atomic E-state index is 0.0386. The summed E-state index contributed by atoms with van der Waals surface area (Å²) in [5.74, 6) is 2.26. The molecule has 0 spiro atoms. The highest BCUT2D eigenvalue weighted by Gasteiger charge is 2.12. The van der Waals surface area contributed by atoms with E-state index in [-0.39, 0.29) is 5.91 Å². The van der Waals surface area contributed by atoms with E-state index in [1.807, 2.05) is 55.5 Å². The molecule has 0 unspecified atom stereocenters. The monoisotopic (exact) mass is 407 g/mol. The molecule has 1 heterocycles. The molecule has 0 aliphatic carbocycles. The van der Waals surface area contributed by atoms with Crippen LogP contribution in [0.15, 0.2) is 55.1 Å². The van der Waals surface area contributed by atoms with Gasteiger partial charge in [-0.15, -0.1) is 6.58 Å². The van der Waals surface area contributed by atoms with Crippen molar-refractivity contribution in [1.29, 1.82) is 0 Å². The van der Waals surface area contributed by atoms with Crippen molar-refractivity contribution in [2.24, 2.45) is 0 Å². The summed E-state index contributed by atoms with van der Waals surface area (Å²) in [5, 5.41) is 2.95. The smallest absolute Gasteiger partial charge is 0.220 e. The molecule has 1 amide bonds. The Morgan fingerprint density at radius 2 is 2.07 bits per heavy atom. The topological polar surface area (TPSA) is 65.4 Å². The quantitative estimate of drug-likeness (QED) is 0.482. The highest BCUT2D eigenvalue weighted by Crippen LogP contribution is 2.28. The first-order valence-electron chi connectivity index (χ1n) is 10.3. The summed E-state index contributed by atoms with van der Waals surface area (Å²) in [4.78, 5) is 16.6. The van der Waals surface area contributed by atoms with E-state index in [1.165, 1.54) is 0 Å². The molecular weight excluding hydrogens is 378 g/mol. The van der Waals surface area contributed by atoms with Gasteiger partial charge in [-0.05, 0) is 42.7 Å². The molecule has 0 aliphatic heterocycles. The molecule has 0 atom stereocenters. The Hall–Kier alpha value is -3.28. The molecule has 0 bridgehead atoms. The Morgan fingerprint density at radius 1 is 1.23 bits per heavy atom. The molecule has 1 N–H and O–H groups in total. The largest absolute Gasteiger partial charge is 0.493 e. The van der Waals surface area contributed by atoms with E-state index >= 15 is 0 Å². The fraction of sp³-hybridized carbons (Fsp3) is 0.333. The normalized spacial score (nSPS) is 10.7. The number of carbonyl (C=O) groups is 1. The van der Waals surface area contributed by atoms with Gasteiger partial charge in [0.2, 0.25) is 5.91 Å². The molecule has 1 aromatic heterocycles. The summed E-state index contributed by atoms with van der Waals surface area (Å²) in [6.45, 7) is 7.22. The Morgan fingerprint density at radius 3 is 2.83 bits per heavy atom. The van der Waals surface area contributed by atoms with Gasteiger partial charge in [0.05, 0.1) is 31.2 Å². The maximum Gasteiger partial charge on any atom is 0.220 e. The van der Waals surface area contributed by atoms with Crippen molar-refractivity contribution in [3.8, 4) is 11.5 Å². The van der Waals surface area contributed by atoms with Crippen LogP contribution in [0.2, 0.25) is 0 Å². The second-order valence-corrected chi connectivity index (χ2v) is 7.02. The van der Waals surface area contributed by atoms with Crippen LogP contribution in [0, 0.1) is 0 Å². The number of nitrogens with zero attached hydrogens (tertiary/aromatic N) is 2. The molecule has 0 radical (unpaired) electrons. The molecule has 30 heavy (non-hydrogen) atoms. The van der Waals surface area contributed by atoms with Crippen molar-refractivity contribution in [3.05, 3.63) is 66.5 Å². The van der Waals surface area contributed by atoms with Crippen LogP contribution in [0.4, 0.5) is 0 Å². The van der Waals surface area contributed by atoms with Gasteiger partial charge < -0.3 is 19.4 Å². The van der Waals surface area contributed by atoms with Crippen molar-refractivity contribution in [2.45, 2.75) is 39.3 Å².